The molecule has 2 atom stereocenters. The molecule has 2 aromatic rings. The second-order valence-electron chi connectivity index (χ2n) is 11.1. The van der Waals surface area contributed by atoms with E-state index in [0.29, 0.717) is 0 Å². The molecule has 3 nitrogen and oxygen atoms in total. The average molecular weight is 493 g/mol. The molecule has 3 heteroatoms. The van der Waals surface area contributed by atoms with Crippen LogP contribution in [0.15, 0.2) is 36.7 Å². The fourth-order valence-corrected chi connectivity index (χ4v) is 5.84. The predicted octanol–water partition coefficient (Wildman–Crippen LogP) is 9.98. The lowest BCUT2D eigenvalue weighted by Gasteiger charge is -2.31. The minimum absolute atomic E-state index is 0.802. The maximum atomic E-state index is 6.07. The smallest absolute Gasteiger partial charge is 0.159 e. The first kappa shape index (κ1) is 28.7. The standard InChI is InChI=1S/C33H52N2O/c1-3-5-7-8-9-10-11-12-16-28-26-34-33(35-27-28)31-21-23-32(24-22-31)36-25-15-20-30-19-14-13-18-29(30)17-6-4-2/h21-24,26-27,29-30H,3-20,25H2,1-2H3. The van der Waals surface area contributed by atoms with Crippen molar-refractivity contribution in [2.24, 2.45) is 11.8 Å². The van der Waals surface area contributed by atoms with Gasteiger partial charge >= 0.3 is 0 Å². The summed E-state index contributed by atoms with van der Waals surface area (Å²) in [7, 11) is 0. The van der Waals surface area contributed by atoms with Crippen LogP contribution >= 0.6 is 0 Å². The van der Waals surface area contributed by atoms with Crippen LogP contribution in [0.4, 0.5) is 0 Å². The fourth-order valence-electron chi connectivity index (χ4n) is 5.84. The van der Waals surface area contributed by atoms with E-state index in [2.05, 4.69) is 48.1 Å². The molecule has 1 aromatic carbocycles. The molecule has 0 radical (unpaired) electrons. The topological polar surface area (TPSA) is 35.0 Å². The molecule has 3 rings (SSSR count). The average Bonchev–Trinajstić information content (AvgIpc) is 2.92. The molecule has 1 aliphatic carbocycles. The van der Waals surface area contributed by atoms with Crippen molar-refractivity contribution in [3.63, 3.8) is 0 Å². The van der Waals surface area contributed by atoms with Gasteiger partial charge < -0.3 is 4.74 Å². The van der Waals surface area contributed by atoms with Crippen molar-refractivity contribution in [1.82, 2.24) is 9.97 Å². The van der Waals surface area contributed by atoms with Gasteiger partial charge in [0, 0.05) is 18.0 Å². The number of benzene rings is 1. The van der Waals surface area contributed by atoms with E-state index in [0.717, 1.165) is 42.0 Å². The van der Waals surface area contributed by atoms with Crippen molar-refractivity contribution < 1.29 is 4.74 Å². The summed E-state index contributed by atoms with van der Waals surface area (Å²) in [6.07, 6.45) is 28.3. The molecular weight excluding hydrogens is 440 g/mol. The molecule has 36 heavy (non-hydrogen) atoms. The molecule has 1 fully saturated rings. The normalized spacial score (nSPS) is 17.8. The zero-order valence-corrected chi connectivity index (χ0v) is 23.4. The van der Waals surface area contributed by atoms with Crippen LogP contribution in [-0.2, 0) is 6.42 Å². The number of ether oxygens (including phenoxy) is 1. The summed E-state index contributed by atoms with van der Waals surface area (Å²) >= 11 is 0. The van der Waals surface area contributed by atoms with E-state index >= 15 is 0 Å². The van der Waals surface area contributed by atoms with Crippen molar-refractivity contribution >= 4 is 0 Å². The van der Waals surface area contributed by atoms with Gasteiger partial charge in [0.2, 0.25) is 0 Å². The Bertz CT molecular complexity index is 801. The lowest BCUT2D eigenvalue weighted by atomic mass is 9.75. The van der Waals surface area contributed by atoms with Gasteiger partial charge in [0.05, 0.1) is 6.61 Å². The van der Waals surface area contributed by atoms with E-state index in [-0.39, 0.29) is 0 Å². The third-order valence-electron chi connectivity index (χ3n) is 8.12. The van der Waals surface area contributed by atoms with Gasteiger partial charge in [0.1, 0.15) is 5.75 Å². The first-order chi connectivity index (χ1) is 17.8. The third-order valence-corrected chi connectivity index (χ3v) is 8.12. The number of hydrogen-bond acceptors (Lipinski definition) is 3. The van der Waals surface area contributed by atoms with Crippen molar-refractivity contribution in [2.75, 3.05) is 6.61 Å². The zero-order chi connectivity index (χ0) is 25.3. The summed E-state index contributed by atoms with van der Waals surface area (Å²) in [5, 5.41) is 0. The highest BCUT2D eigenvalue weighted by atomic mass is 16.5. The molecule has 0 aliphatic heterocycles. The number of rotatable bonds is 18. The van der Waals surface area contributed by atoms with Crippen LogP contribution in [0.5, 0.6) is 5.75 Å². The Morgan fingerprint density at radius 3 is 1.92 bits per heavy atom. The maximum absolute atomic E-state index is 6.07. The summed E-state index contributed by atoms with van der Waals surface area (Å²) in [5.41, 5.74) is 2.31. The van der Waals surface area contributed by atoms with Crippen LogP contribution in [-0.4, -0.2) is 16.6 Å². The first-order valence-corrected chi connectivity index (χ1v) is 15.3. The SMILES string of the molecule is CCCCCCCCCCc1cnc(-c2ccc(OCCCC3CCCCC3CCCC)cc2)nc1. The van der Waals surface area contributed by atoms with Crippen molar-refractivity contribution in [1.29, 1.82) is 0 Å². The molecule has 2 unspecified atom stereocenters. The molecule has 1 saturated carbocycles. The van der Waals surface area contributed by atoms with Crippen LogP contribution < -0.4 is 4.74 Å². The Hall–Kier alpha value is -1.90. The van der Waals surface area contributed by atoms with Gasteiger partial charge in [-0.05, 0) is 67.3 Å². The zero-order valence-electron chi connectivity index (χ0n) is 23.4. The summed E-state index contributed by atoms with van der Waals surface area (Å²) in [6, 6.07) is 8.31. The lowest BCUT2D eigenvalue weighted by Crippen LogP contribution is -2.20. The Balaban J connectivity index is 1.33. The van der Waals surface area contributed by atoms with Gasteiger partial charge in [0.15, 0.2) is 5.82 Å². The molecule has 1 aromatic heterocycles. The fraction of sp³-hybridized carbons (Fsp3) is 0.697. The Morgan fingerprint density at radius 1 is 0.694 bits per heavy atom. The minimum atomic E-state index is 0.802. The lowest BCUT2D eigenvalue weighted by molar-refractivity contribution is 0.191. The quantitative estimate of drug-likeness (QED) is 0.194. The molecule has 0 amide bonds. The van der Waals surface area contributed by atoms with E-state index < -0.39 is 0 Å². The first-order valence-electron chi connectivity index (χ1n) is 15.3. The van der Waals surface area contributed by atoms with E-state index in [1.165, 1.54) is 115 Å². The maximum Gasteiger partial charge on any atom is 0.159 e. The van der Waals surface area contributed by atoms with Crippen LogP contribution in [0.25, 0.3) is 11.4 Å². The number of unbranched alkanes of at least 4 members (excludes halogenated alkanes) is 8. The molecular formula is C33H52N2O. The molecule has 0 N–H and O–H groups in total. The molecule has 1 heterocycles. The highest BCUT2D eigenvalue weighted by molar-refractivity contribution is 5.55. The molecule has 1 aliphatic rings. The van der Waals surface area contributed by atoms with Crippen molar-refractivity contribution in [3.8, 4) is 17.1 Å². The van der Waals surface area contributed by atoms with Crippen molar-refractivity contribution in [2.45, 2.75) is 129 Å². The molecule has 0 saturated heterocycles. The number of aryl methyl sites for hydroxylation is 1. The highest BCUT2D eigenvalue weighted by Gasteiger charge is 2.24. The van der Waals surface area contributed by atoms with Crippen LogP contribution in [0.3, 0.4) is 0 Å². The second kappa shape index (κ2) is 17.5. The second-order valence-corrected chi connectivity index (χ2v) is 11.1. The van der Waals surface area contributed by atoms with Gasteiger partial charge in [-0.2, -0.15) is 0 Å². The number of aromatic nitrogens is 2. The predicted molar refractivity (Wildman–Crippen MR) is 153 cm³/mol. The summed E-state index contributed by atoms with van der Waals surface area (Å²) in [4.78, 5) is 9.26. The van der Waals surface area contributed by atoms with Gasteiger partial charge in [-0.15, -0.1) is 0 Å². The summed E-state index contributed by atoms with van der Waals surface area (Å²) in [5.74, 6) is 3.64. The van der Waals surface area contributed by atoms with Crippen LogP contribution in [0.1, 0.15) is 129 Å². The largest absolute Gasteiger partial charge is 0.494 e. The molecule has 0 bridgehead atoms. The Kier molecular flexibility index (Phi) is 14.0. The monoisotopic (exact) mass is 492 g/mol. The number of hydrogen-bond donors (Lipinski definition) is 0. The third kappa shape index (κ3) is 10.6. The van der Waals surface area contributed by atoms with E-state index in [4.69, 9.17) is 4.74 Å². The Labute approximate surface area is 221 Å². The summed E-state index contributed by atoms with van der Waals surface area (Å²) in [6.45, 7) is 5.41. The van der Waals surface area contributed by atoms with E-state index in [9.17, 15) is 0 Å². The van der Waals surface area contributed by atoms with Crippen molar-refractivity contribution in [3.05, 3.63) is 42.2 Å². The van der Waals surface area contributed by atoms with Gasteiger partial charge in [-0.3, -0.25) is 0 Å². The van der Waals surface area contributed by atoms with E-state index in [1.807, 2.05) is 12.4 Å². The van der Waals surface area contributed by atoms with Crippen LogP contribution in [0, 0.1) is 11.8 Å². The summed E-state index contributed by atoms with van der Waals surface area (Å²) < 4.78 is 6.07. The van der Waals surface area contributed by atoms with Crippen LogP contribution in [0.2, 0.25) is 0 Å². The molecule has 200 valence electrons. The van der Waals surface area contributed by atoms with Gasteiger partial charge in [0.25, 0.3) is 0 Å². The number of nitrogens with zero attached hydrogens (tertiary/aromatic N) is 2. The Morgan fingerprint density at radius 2 is 1.28 bits per heavy atom. The van der Waals surface area contributed by atoms with Gasteiger partial charge in [-0.1, -0.05) is 104 Å². The van der Waals surface area contributed by atoms with E-state index in [1.54, 1.807) is 0 Å². The molecule has 0 spiro atoms. The highest BCUT2D eigenvalue weighted by Crippen LogP contribution is 2.36. The minimum Gasteiger partial charge on any atom is -0.494 e. The van der Waals surface area contributed by atoms with Gasteiger partial charge in [-0.25, -0.2) is 9.97 Å².